The fraction of sp³-hybridized carbons (Fsp3) is 0.643. The lowest BCUT2D eigenvalue weighted by molar-refractivity contribution is -0.0715. The first-order chi connectivity index (χ1) is 24.7. The highest BCUT2D eigenvalue weighted by molar-refractivity contribution is 6.30. The molecule has 0 radical (unpaired) electrons. The Balaban J connectivity index is 1.24. The fourth-order valence-electron chi connectivity index (χ4n) is 8.58. The molecule has 280 valence electrons. The summed E-state index contributed by atoms with van der Waals surface area (Å²) in [5.41, 5.74) is 3.05. The van der Waals surface area contributed by atoms with E-state index in [-0.39, 0.29) is 11.8 Å². The smallest absolute Gasteiger partial charge is 0.251 e. The number of allylic oxidation sites excluding steroid dienone is 1. The van der Waals surface area contributed by atoms with Gasteiger partial charge >= 0.3 is 0 Å². The minimum atomic E-state index is -0.915. The first-order valence-corrected chi connectivity index (χ1v) is 20.0. The van der Waals surface area contributed by atoms with Gasteiger partial charge in [-0.3, -0.25) is 14.6 Å². The standard InChI is InChI=1S/C42H61ClN4O4/c1-5-30(2)31(3)15-17-42(49,29-45-19-21-46(22-20-45)37-16-23-50-28-37)38-13-10-34(38)26-47-18-7-6-8-32-24-36(43)12-9-35(32)27-51-40-14-11-33(25-39(40)47)41(48)44-4/h9,11-12,14-15,17,24-25,30-31,34,37-38,49H,5-8,10,13,16,18-23,26-29H2,1-4H3,(H,44,48)/b17-15+/t30-,31+,34+,37?,38-,42?/m1/s1. The molecule has 9 heteroatoms. The van der Waals surface area contributed by atoms with Gasteiger partial charge in [-0.15, -0.1) is 0 Å². The molecule has 1 aliphatic carbocycles. The summed E-state index contributed by atoms with van der Waals surface area (Å²) in [6.45, 7) is 15.3. The average molecular weight is 721 g/mol. The quantitative estimate of drug-likeness (QED) is 0.247. The number of ether oxygens (including phenoxy) is 2. The number of rotatable bonds is 11. The van der Waals surface area contributed by atoms with Crippen LogP contribution in [0.1, 0.15) is 80.8 Å². The van der Waals surface area contributed by atoms with Crippen LogP contribution in [0.5, 0.6) is 5.75 Å². The van der Waals surface area contributed by atoms with E-state index in [0.717, 1.165) is 119 Å². The molecule has 4 aliphatic rings. The number of benzene rings is 2. The topological polar surface area (TPSA) is 77.5 Å². The Morgan fingerprint density at radius 1 is 1.06 bits per heavy atom. The molecule has 8 nitrogen and oxygen atoms in total. The van der Waals surface area contributed by atoms with Crippen molar-refractivity contribution >= 4 is 23.2 Å². The molecule has 2 N–H and O–H groups in total. The van der Waals surface area contributed by atoms with E-state index < -0.39 is 5.60 Å². The molecule has 6 atom stereocenters. The first-order valence-electron chi connectivity index (χ1n) is 19.6. The van der Waals surface area contributed by atoms with Crippen LogP contribution < -0.4 is 15.0 Å². The van der Waals surface area contributed by atoms with Crippen LogP contribution in [0.15, 0.2) is 48.6 Å². The van der Waals surface area contributed by atoms with Crippen LogP contribution in [-0.4, -0.2) is 98.5 Å². The van der Waals surface area contributed by atoms with Gasteiger partial charge in [0, 0.05) is 76.1 Å². The largest absolute Gasteiger partial charge is 0.487 e. The van der Waals surface area contributed by atoms with E-state index in [1.54, 1.807) is 7.05 Å². The summed E-state index contributed by atoms with van der Waals surface area (Å²) in [7, 11) is 1.67. The van der Waals surface area contributed by atoms with Crippen molar-refractivity contribution in [2.75, 3.05) is 71.0 Å². The van der Waals surface area contributed by atoms with Crippen molar-refractivity contribution in [3.05, 3.63) is 70.3 Å². The Kier molecular flexibility index (Phi) is 13.1. The number of nitrogens with one attached hydrogen (secondary N) is 1. The number of piperazine rings is 1. The third-order valence-corrected chi connectivity index (χ3v) is 12.7. The lowest BCUT2D eigenvalue weighted by atomic mass is 9.64. The highest BCUT2D eigenvalue weighted by atomic mass is 35.5. The van der Waals surface area contributed by atoms with Crippen LogP contribution in [0.25, 0.3) is 0 Å². The van der Waals surface area contributed by atoms with Crippen LogP contribution >= 0.6 is 11.6 Å². The minimum Gasteiger partial charge on any atom is -0.487 e. The minimum absolute atomic E-state index is 0.107. The number of hydrogen-bond donors (Lipinski definition) is 2. The number of β-amino-alcohol motifs (C(OH)–C–C–N with tert-alkyl or cyclic N) is 1. The molecule has 0 spiro atoms. The molecule has 3 heterocycles. The molecule has 0 aromatic heterocycles. The van der Waals surface area contributed by atoms with Gasteiger partial charge in [0.2, 0.25) is 0 Å². The Hall–Kier alpha value is -2.62. The highest BCUT2D eigenvalue weighted by Gasteiger charge is 2.47. The van der Waals surface area contributed by atoms with Gasteiger partial charge in [-0.25, -0.2) is 0 Å². The molecule has 3 aliphatic heterocycles. The summed E-state index contributed by atoms with van der Waals surface area (Å²) in [6.07, 6.45) is 11.8. The van der Waals surface area contributed by atoms with Crippen LogP contribution in [0.3, 0.4) is 0 Å². The number of aliphatic hydroxyl groups is 1. The number of carbonyl (C=O) groups excluding carboxylic acids is 1. The summed E-state index contributed by atoms with van der Waals surface area (Å²) in [6, 6.07) is 12.4. The van der Waals surface area contributed by atoms with Crippen LogP contribution in [0.2, 0.25) is 5.02 Å². The number of hydrogen-bond acceptors (Lipinski definition) is 7. The van der Waals surface area contributed by atoms with E-state index in [2.05, 4.69) is 65.1 Å². The maximum Gasteiger partial charge on any atom is 0.251 e. The Labute approximate surface area is 311 Å². The van der Waals surface area contributed by atoms with Crippen LogP contribution in [0, 0.1) is 23.7 Å². The SMILES string of the molecule is CC[C@@H](C)[C@@H](C)/C=C/C(O)(CN1CCN(C2CCOC2)CC1)[C@@H]1CC[C@H]1CN1CCCCc2cc(Cl)ccc2COc2ccc(C(=O)NC)cc21. The van der Waals surface area contributed by atoms with Gasteiger partial charge in [-0.1, -0.05) is 57.0 Å². The van der Waals surface area contributed by atoms with E-state index in [4.69, 9.17) is 21.1 Å². The van der Waals surface area contributed by atoms with Gasteiger partial charge in [0.15, 0.2) is 0 Å². The maximum absolute atomic E-state index is 12.8. The van der Waals surface area contributed by atoms with Gasteiger partial charge < -0.3 is 24.8 Å². The molecule has 51 heavy (non-hydrogen) atoms. The number of anilines is 1. The van der Waals surface area contributed by atoms with Crippen LogP contribution in [0.4, 0.5) is 5.69 Å². The molecular weight excluding hydrogens is 660 g/mol. The van der Waals surface area contributed by atoms with Crippen molar-refractivity contribution in [3.8, 4) is 5.75 Å². The number of aryl methyl sites for hydroxylation is 1. The summed E-state index contributed by atoms with van der Waals surface area (Å²) >= 11 is 6.41. The third kappa shape index (κ3) is 9.31. The van der Waals surface area contributed by atoms with E-state index in [0.29, 0.717) is 42.5 Å². The number of carbonyl (C=O) groups is 1. The van der Waals surface area contributed by atoms with Crippen molar-refractivity contribution in [2.24, 2.45) is 23.7 Å². The van der Waals surface area contributed by atoms with Gasteiger partial charge in [0.1, 0.15) is 12.4 Å². The van der Waals surface area contributed by atoms with E-state index in [1.165, 1.54) is 5.56 Å². The lowest BCUT2D eigenvalue weighted by Gasteiger charge is -2.50. The monoisotopic (exact) mass is 720 g/mol. The maximum atomic E-state index is 12.8. The van der Waals surface area contributed by atoms with Crippen molar-refractivity contribution in [2.45, 2.75) is 84.0 Å². The van der Waals surface area contributed by atoms with E-state index in [1.807, 2.05) is 24.3 Å². The Morgan fingerprint density at radius 2 is 1.88 bits per heavy atom. The molecule has 1 amide bonds. The summed E-state index contributed by atoms with van der Waals surface area (Å²) < 4.78 is 12.2. The zero-order valence-corrected chi connectivity index (χ0v) is 32.2. The second-order valence-electron chi connectivity index (χ2n) is 15.7. The summed E-state index contributed by atoms with van der Waals surface area (Å²) in [5, 5.41) is 16.3. The predicted molar refractivity (Wildman–Crippen MR) is 207 cm³/mol. The molecule has 3 fully saturated rings. The van der Waals surface area contributed by atoms with Gasteiger partial charge in [0.05, 0.1) is 17.9 Å². The van der Waals surface area contributed by atoms with Crippen molar-refractivity contribution < 1.29 is 19.4 Å². The molecule has 1 saturated carbocycles. The second-order valence-corrected chi connectivity index (χ2v) is 16.2. The van der Waals surface area contributed by atoms with Gasteiger partial charge in [-0.05, 0) is 104 Å². The zero-order chi connectivity index (χ0) is 36.0. The first kappa shape index (κ1) is 38.1. The molecule has 6 rings (SSSR count). The third-order valence-electron chi connectivity index (χ3n) is 12.5. The van der Waals surface area contributed by atoms with E-state index in [9.17, 15) is 9.90 Å². The van der Waals surface area contributed by atoms with Crippen molar-refractivity contribution in [1.82, 2.24) is 15.1 Å². The summed E-state index contributed by atoms with van der Waals surface area (Å²) in [4.78, 5) is 20.4. The number of nitrogens with zero attached hydrogens (tertiary/aromatic N) is 3. The molecule has 2 aromatic carbocycles. The van der Waals surface area contributed by atoms with Crippen LogP contribution in [-0.2, 0) is 17.8 Å². The Morgan fingerprint density at radius 3 is 2.59 bits per heavy atom. The highest BCUT2D eigenvalue weighted by Crippen LogP contribution is 2.45. The number of fused-ring (bicyclic) bond motifs is 2. The molecule has 2 saturated heterocycles. The normalized spacial score (nSPS) is 25.8. The average Bonchev–Trinajstić information content (AvgIpc) is 3.66. The van der Waals surface area contributed by atoms with Gasteiger partial charge in [0.25, 0.3) is 5.91 Å². The number of halogens is 1. The molecule has 2 unspecified atom stereocenters. The second kappa shape index (κ2) is 17.5. The fourth-order valence-corrected chi connectivity index (χ4v) is 8.78. The zero-order valence-electron chi connectivity index (χ0n) is 31.4. The van der Waals surface area contributed by atoms with E-state index >= 15 is 0 Å². The molecular formula is C42H61ClN4O4. The van der Waals surface area contributed by atoms with Gasteiger partial charge in [-0.2, -0.15) is 0 Å². The molecule has 0 bridgehead atoms. The molecule has 2 aromatic rings. The lowest BCUT2D eigenvalue weighted by Crippen LogP contribution is -2.58. The van der Waals surface area contributed by atoms with Crippen molar-refractivity contribution in [3.63, 3.8) is 0 Å². The van der Waals surface area contributed by atoms with Crippen molar-refractivity contribution in [1.29, 1.82) is 0 Å². The summed E-state index contributed by atoms with van der Waals surface area (Å²) in [5.74, 6) is 2.10. The number of amides is 1. The Bertz CT molecular complexity index is 1490. The predicted octanol–water partition coefficient (Wildman–Crippen LogP) is 6.82.